The van der Waals surface area contributed by atoms with Crippen LogP contribution in [0.5, 0.6) is 0 Å². The second-order valence-corrected chi connectivity index (χ2v) is 3.12. The van der Waals surface area contributed by atoms with Gasteiger partial charge in [0.15, 0.2) is 0 Å². The zero-order valence-electron chi connectivity index (χ0n) is 10.0. The van der Waals surface area contributed by atoms with Gasteiger partial charge in [-0.3, -0.25) is 0 Å². The average molecular weight is 194 g/mol. The zero-order chi connectivity index (χ0) is 10.8. The van der Waals surface area contributed by atoms with E-state index in [-0.39, 0.29) is 0 Å². The molecule has 14 heavy (non-hydrogen) atoms. The normalized spacial score (nSPS) is 9.50. The Bertz CT molecular complexity index is 202. The lowest BCUT2D eigenvalue weighted by Gasteiger charge is -2.14. The molecule has 1 nitrogen and oxygen atoms in total. The molecule has 1 aromatic carbocycles. The molecule has 0 heterocycles. The van der Waals surface area contributed by atoms with Gasteiger partial charge in [-0.2, -0.15) is 0 Å². The molecule has 0 spiro atoms. The first-order chi connectivity index (χ1) is 6.86. The fourth-order valence-electron chi connectivity index (χ4n) is 1.38. The minimum absolute atomic E-state index is 1.16. The number of nitrogens with one attached hydrogen (secondary N) is 1. The van der Waals surface area contributed by atoms with Crippen molar-refractivity contribution in [2.24, 2.45) is 0 Å². The molecule has 0 saturated heterocycles. The molecule has 1 rings (SSSR count). The third kappa shape index (κ3) is 5.03. The zero-order valence-corrected chi connectivity index (χ0v) is 10.0. The van der Waals surface area contributed by atoms with Crippen molar-refractivity contribution in [1.82, 2.24) is 0 Å². The van der Waals surface area contributed by atoms with E-state index in [9.17, 15) is 0 Å². The van der Waals surface area contributed by atoms with Gasteiger partial charge >= 0.3 is 0 Å². The molecule has 0 fully saturated rings. The van der Waals surface area contributed by atoms with Gasteiger partial charge in [-0.15, -0.1) is 0 Å². The van der Waals surface area contributed by atoms with Crippen LogP contribution >= 0.6 is 0 Å². The smallest absolute Gasteiger partial charge is 0.103 e. The van der Waals surface area contributed by atoms with Crippen LogP contribution in [0.2, 0.25) is 0 Å². The first kappa shape index (κ1) is 13.2. The van der Waals surface area contributed by atoms with Crippen molar-refractivity contribution in [3.63, 3.8) is 0 Å². The van der Waals surface area contributed by atoms with Gasteiger partial charge in [0.25, 0.3) is 0 Å². The maximum atomic E-state index is 2.24. The third-order valence-electron chi connectivity index (χ3n) is 2.30. The van der Waals surface area contributed by atoms with Crippen LogP contribution in [0.4, 0.5) is 0 Å². The van der Waals surface area contributed by atoms with Crippen molar-refractivity contribution in [1.29, 1.82) is 0 Å². The molecule has 0 radical (unpaired) electrons. The Hall–Kier alpha value is -0.820. The molecule has 1 aromatic rings. The predicted octanol–water partition coefficient (Wildman–Crippen LogP) is 2.14. The SMILES string of the molecule is CC.CC[NH+](CC)Cc1ccccc1. The van der Waals surface area contributed by atoms with E-state index in [1.54, 1.807) is 4.90 Å². The number of hydrogen-bond donors (Lipinski definition) is 1. The standard InChI is InChI=1S/C11H17N.C2H6/c1-3-12(4-2)10-11-8-6-5-7-9-11;1-2/h5-9H,3-4,10H2,1-2H3;1-2H3/p+1. The van der Waals surface area contributed by atoms with Crippen molar-refractivity contribution in [2.75, 3.05) is 13.1 Å². The molecule has 0 aromatic heterocycles. The molecular formula is C13H24N+. The Balaban J connectivity index is 0.000000791. The molecule has 80 valence electrons. The first-order valence-corrected chi connectivity index (χ1v) is 5.74. The number of benzene rings is 1. The highest BCUT2D eigenvalue weighted by molar-refractivity contribution is 5.13. The van der Waals surface area contributed by atoms with E-state index in [4.69, 9.17) is 0 Å². The monoisotopic (exact) mass is 194 g/mol. The van der Waals surface area contributed by atoms with Gasteiger partial charge in [0, 0.05) is 5.56 Å². The summed E-state index contributed by atoms with van der Waals surface area (Å²) < 4.78 is 0. The van der Waals surface area contributed by atoms with Crippen molar-refractivity contribution >= 4 is 0 Å². The Morgan fingerprint density at radius 3 is 1.86 bits per heavy atom. The molecular weight excluding hydrogens is 170 g/mol. The summed E-state index contributed by atoms with van der Waals surface area (Å²) in [5, 5.41) is 0. The Kier molecular flexibility index (Phi) is 8.25. The molecule has 0 aliphatic heterocycles. The van der Waals surface area contributed by atoms with Crippen LogP contribution in [0.1, 0.15) is 33.3 Å². The molecule has 0 bridgehead atoms. The largest absolute Gasteiger partial charge is 0.332 e. The topological polar surface area (TPSA) is 4.44 Å². The quantitative estimate of drug-likeness (QED) is 0.749. The molecule has 0 atom stereocenters. The summed E-state index contributed by atoms with van der Waals surface area (Å²) in [4.78, 5) is 1.64. The van der Waals surface area contributed by atoms with E-state index in [1.165, 1.54) is 18.7 Å². The van der Waals surface area contributed by atoms with Crippen molar-refractivity contribution < 1.29 is 4.90 Å². The summed E-state index contributed by atoms with van der Waals surface area (Å²) >= 11 is 0. The van der Waals surface area contributed by atoms with Crippen molar-refractivity contribution in [3.05, 3.63) is 35.9 Å². The van der Waals surface area contributed by atoms with E-state index in [1.807, 2.05) is 13.8 Å². The predicted molar refractivity (Wildman–Crippen MR) is 63.5 cm³/mol. The molecule has 0 aliphatic carbocycles. The average Bonchev–Trinajstić information content (AvgIpc) is 2.30. The molecule has 1 N–H and O–H groups in total. The molecule has 1 heteroatoms. The maximum Gasteiger partial charge on any atom is 0.103 e. The summed E-state index contributed by atoms with van der Waals surface area (Å²) in [5.74, 6) is 0. The van der Waals surface area contributed by atoms with E-state index in [0.717, 1.165) is 6.54 Å². The van der Waals surface area contributed by atoms with Crippen LogP contribution in [-0.4, -0.2) is 13.1 Å². The van der Waals surface area contributed by atoms with Crippen LogP contribution in [-0.2, 0) is 6.54 Å². The number of rotatable bonds is 4. The van der Waals surface area contributed by atoms with Crippen LogP contribution < -0.4 is 4.90 Å². The van der Waals surface area contributed by atoms with Gasteiger partial charge in [0.05, 0.1) is 13.1 Å². The third-order valence-corrected chi connectivity index (χ3v) is 2.30. The van der Waals surface area contributed by atoms with Crippen molar-refractivity contribution in [2.45, 2.75) is 34.2 Å². The fraction of sp³-hybridized carbons (Fsp3) is 0.538. The summed E-state index contributed by atoms with van der Waals surface area (Å²) in [6.45, 7) is 12.1. The lowest BCUT2D eigenvalue weighted by molar-refractivity contribution is -0.910. The van der Waals surface area contributed by atoms with E-state index >= 15 is 0 Å². The molecule has 0 aliphatic rings. The summed E-state index contributed by atoms with van der Waals surface area (Å²) in [5.41, 5.74) is 1.44. The fourth-order valence-corrected chi connectivity index (χ4v) is 1.38. The highest BCUT2D eigenvalue weighted by Gasteiger charge is 2.02. The van der Waals surface area contributed by atoms with Gasteiger partial charge in [-0.05, 0) is 13.8 Å². The lowest BCUT2D eigenvalue weighted by Crippen LogP contribution is -3.10. The van der Waals surface area contributed by atoms with Crippen LogP contribution in [0.3, 0.4) is 0 Å². The van der Waals surface area contributed by atoms with Gasteiger partial charge in [-0.1, -0.05) is 44.2 Å². The Morgan fingerprint density at radius 2 is 1.43 bits per heavy atom. The van der Waals surface area contributed by atoms with Crippen LogP contribution in [0.25, 0.3) is 0 Å². The van der Waals surface area contributed by atoms with E-state index < -0.39 is 0 Å². The second-order valence-electron chi connectivity index (χ2n) is 3.12. The minimum Gasteiger partial charge on any atom is -0.332 e. The van der Waals surface area contributed by atoms with Crippen LogP contribution in [0.15, 0.2) is 30.3 Å². The maximum absolute atomic E-state index is 2.24. The molecule has 0 unspecified atom stereocenters. The highest BCUT2D eigenvalue weighted by atomic mass is 15.1. The van der Waals surface area contributed by atoms with Crippen LogP contribution in [0, 0.1) is 0 Å². The van der Waals surface area contributed by atoms with Gasteiger partial charge < -0.3 is 4.90 Å². The molecule has 0 saturated carbocycles. The minimum atomic E-state index is 1.16. The van der Waals surface area contributed by atoms with E-state index in [0.29, 0.717) is 0 Å². The van der Waals surface area contributed by atoms with E-state index in [2.05, 4.69) is 44.2 Å². The summed E-state index contributed by atoms with van der Waals surface area (Å²) in [7, 11) is 0. The van der Waals surface area contributed by atoms with Gasteiger partial charge in [0.2, 0.25) is 0 Å². The lowest BCUT2D eigenvalue weighted by atomic mass is 10.2. The number of quaternary nitrogens is 1. The Morgan fingerprint density at radius 1 is 0.929 bits per heavy atom. The summed E-state index contributed by atoms with van der Waals surface area (Å²) in [6, 6.07) is 10.7. The Labute approximate surface area is 88.8 Å². The van der Waals surface area contributed by atoms with Gasteiger partial charge in [0.1, 0.15) is 6.54 Å². The van der Waals surface area contributed by atoms with Gasteiger partial charge in [-0.25, -0.2) is 0 Å². The molecule has 0 amide bonds. The number of hydrogen-bond acceptors (Lipinski definition) is 0. The van der Waals surface area contributed by atoms with Crippen molar-refractivity contribution in [3.8, 4) is 0 Å². The second kappa shape index (κ2) is 8.76. The highest BCUT2D eigenvalue weighted by Crippen LogP contribution is 1.94. The first-order valence-electron chi connectivity index (χ1n) is 5.74. The summed E-state index contributed by atoms with van der Waals surface area (Å²) in [6.07, 6.45) is 0.